The number of phenols is 1. The molecule has 1 aromatic carbocycles. The number of alkyl halides is 2. The van der Waals surface area contributed by atoms with E-state index in [1.54, 1.807) is 12.1 Å². The predicted molar refractivity (Wildman–Crippen MR) is 90.4 cm³/mol. The lowest BCUT2D eigenvalue weighted by molar-refractivity contribution is -0.133. The van der Waals surface area contributed by atoms with Crippen molar-refractivity contribution in [2.45, 2.75) is 24.9 Å². The summed E-state index contributed by atoms with van der Waals surface area (Å²) in [5.41, 5.74) is -1.36. The Hall–Kier alpha value is -2.42. The van der Waals surface area contributed by atoms with Crippen molar-refractivity contribution in [1.29, 1.82) is 0 Å². The first kappa shape index (κ1) is 19.3. The van der Waals surface area contributed by atoms with E-state index < -0.39 is 29.3 Å². The highest BCUT2D eigenvalue weighted by Gasteiger charge is 2.69. The van der Waals surface area contributed by atoms with Gasteiger partial charge in [-0.25, -0.2) is 8.78 Å². The number of aromatic hydroxyl groups is 1. The van der Waals surface area contributed by atoms with E-state index in [9.17, 15) is 28.6 Å². The Bertz CT molecular complexity index is 744. The van der Waals surface area contributed by atoms with Crippen molar-refractivity contribution < 1.29 is 33.3 Å². The van der Waals surface area contributed by atoms with Crippen LogP contribution >= 0.6 is 0 Å². The molecule has 148 valence electrons. The smallest absolute Gasteiger partial charge is 0.263 e. The summed E-state index contributed by atoms with van der Waals surface area (Å²) in [5, 5.41) is 22.2. The molecule has 1 saturated heterocycles. The molecule has 2 amide bonds. The van der Waals surface area contributed by atoms with Gasteiger partial charge in [0.25, 0.3) is 11.8 Å². The first-order valence-electron chi connectivity index (χ1n) is 8.70. The third-order valence-corrected chi connectivity index (χ3v) is 5.15. The van der Waals surface area contributed by atoms with E-state index >= 15 is 0 Å². The maximum absolute atomic E-state index is 13.2. The number of halogens is 2. The first-order chi connectivity index (χ1) is 12.6. The van der Waals surface area contributed by atoms with Crippen LogP contribution in [-0.4, -0.2) is 64.7 Å². The standard InChI is InChI=1S/C18H22F2N2O5/c1-11-15(18(11,19)20)16(25)21-9-17(26)5-6-22(10-17)14(24)8-27-13-4-2-3-12(23)7-13/h2-4,7,11,15,23,26H,5-6,8-10H2,1H3,(H,21,25)/t11-,15+,17?/m1/s1. The maximum Gasteiger partial charge on any atom is 0.263 e. The molecule has 0 aromatic heterocycles. The number of ether oxygens (including phenoxy) is 1. The third kappa shape index (κ3) is 4.13. The van der Waals surface area contributed by atoms with E-state index in [0.717, 1.165) is 0 Å². The van der Waals surface area contributed by atoms with Crippen LogP contribution in [0.2, 0.25) is 0 Å². The van der Waals surface area contributed by atoms with Crippen LogP contribution in [0.3, 0.4) is 0 Å². The predicted octanol–water partition coefficient (Wildman–Crippen LogP) is 0.752. The molecule has 3 N–H and O–H groups in total. The van der Waals surface area contributed by atoms with Gasteiger partial charge < -0.3 is 25.2 Å². The number of hydrogen-bond acceptors (Lipinski definition) is 5. The number of benzene rings is 1. The van der Waals surface area contributed by atoms with E-state index in [0.29, 0.717) is 5.75 Å². The zero-order valence-electron chi connectivity index (χ0n) is 14.8. The molecule has 3 atom stereocenters. The van der Waals surface area contributed by atoms with Gasteiger partial charge in [0.2, 0.25) is 5.91 Å². The number of carbonyl (C=O) groups is 2. The van der Waals surface area contributed by atoms with Crippen molar-refractivity contribution in [2.24, 2.45) is 11.8 Å². The minimum Gasteiger partial charge on any atom is -0.508 e. The number of likely N-dealkylation sites (tertiary alicyclic amines) is 1. The number of nitrogens with zero attached hydrogens (tertiary/aromatic N) is 1. The van der Waals surface area contributed by atoms with E-state index in [1.807, 2.05) is 0 Å². The molecule has 27 heavy (non-hydrogen) atoms. The van der Waals surface area contributed by atoms with Gasteiger partial charge >= 0.3 is 0 Å². The molecule has 1 heterocycles. The lowest BCUT2D eigenvalue weighted by Gasteiger charge is -2.24. The highest BCUT2D eigenvalue weighted by atomic mass is 19.3. The molecule has 0 radical (unpaired) electrons. The van der Waals surface area contributed by atoms with Crippen LogP contribution in [-0.2, 0) is 9.59 Å². The van der Waals surface area contributed by atoms with Crippen molar-refractivity contribution in [3.8, 4) is 11.5 Å². The van der Waals surface area contributed by atoms with Gasteiger partial charge in [-0.3, -0.25) is 9.59 Å². The Labute approximate surface area is 154 Å². The van der Waals surface area contributed by atoms with Gasteiger partial charge in [0.15, 0.2) is 6.61 Å². The summed E-state index contributed by atoms with van der Waals surface area (Å²) in [5.74, 6) is -6.13. The van der Waals surface area contributed by atoms with Gasteiger partial charge in [-0.1, -0.05) is 13.0 Å². The monoisotopic (exact) mass is 384 g/mol. The van der Waals surface area contributed by atoms with Gasteiger partial charge in [-0.15, -0.1) is 0 Å². The zero-order chi connectivity index (χ0) is 19.8. The van der Waals surface area contributed by atoms with E-state index in [1.165, 1.54) is 24.0 Å². The third-order valence-electron chi connectivity index (χ3n) is 5.15. The van der Waals surface area contributed by atoms with Crippen LogP contribution in [0.1, 0.15) is 13.3 Å². The van der Waals surface area contributed by atoms with Crippen molar-refractivity contribution in [3.05, 3.63) is 24.3 Å². The average Bonchev–Trinajstić information content (AvgIpc) is 2.93. The molecular formula is C18H22F2N2O5. The molecular weight excluding hydrogens is 362 g/mol. The molecule has 1 aromatic rings. The Balaban J connectivity index is 1.45. The maximum atomic E-state index is 13.2. The molecule has 1 aliphatic heterocycles. The zero-order valence-corrected chi connectivity index (χ0v) is 14.8. The highest BCUT2D eigenvalue weighted by Crippen LogP contribution is 2.54. The van der Waals surface area contributed by atoms with Gasteiger partial charge in [-0.05, 0) is 18.6 Å². The minimum atomic E-state index is -2.99. The van der Waals surface area contributed by atoms with Gasteiger partial charge in [-0.2, -0.15) is 0 Å². The van der Waals surface area contributed by atoms with Crippen LogP contribution in [0, 0.1) is 11.8 Å². The lowest BCUT2D eigenvalue weighted by Crippen LogP contribution is -2.46. The van der Waals surface area contributed by atoms with Gasteiger partial charge in [0.05, 0.1) is 6.54 Å². The molecule has 0 spiro atoms. The van der Waals surface area contributed by atoms with E-state index in [-0.39, 0.29) is 44.3 Å². The number of nitrogens with one attached hydrogen (secondary N) is 1. The molecule has 3 rings (SSSR count). The van der Waals surface area contributed by atoms with Crippen LogP contribution in [0.15, 0.2) is 24.3 Å². The number of aliphatic hydroxyl groups is 1. The van der Waals surface area contributed by atoms with E-state index in [4.69, 9.17) is 4.74 Å². The second-order valence-corrected chi connectivity index (χ2v) is 7.23. The Morgan fingerprint density at radius 2 is 2.11 bits per heavy atom. The summed E-state index contributed by atoms with van der Waals surface area (Å²) in [6.45, 7) is 1.10. The normalized spacial score (nSPS) is 28.7. The van der Waals surface area contributed by atoms with E-state index in [2.05, 4.69) is 5.32 Å². The highest BCUT2D eigenvalue weighted by molar-refractivity contribution is 5.83. The van der Waals surface area contributed by atoms with Crippen LogP contribution in [0.4, 0.5) is 8.78 Å². The average molecular weight is 384 g/mol. The summed E-state index contributed by atoms with van der Waals surface area (Å²) in [4.78, 5) is 25.4. The van der Waals surface area contributed by atoms with Gasteiger partial charge in [0.1, 0.15) is 23.0 Å². The summed E-state index contributed by atoms with van der Waals surface area (Å²) < 4.78 is 31.8. The Morgan fingerprint density at radius 3 is 2.74 bits per heavy atom. The van der Waals surface area contributed by atoms with Crippen molar-refractivity contribution in [2.75, 3.05) is 26.2 Å². The first-order valence-corrected chi connectivity index (χ1v) is 8.70. The SMILES string of the molecule is C[C@@H]1[C@@H](C(=O)NCC2(O)CCN(C(=O)COc3cccc(O)c3)C2)C1(F)F. The largest absolute Gasteiger partial charge is 0.508 e. The van der Waals surface area contributed by atoms with Gasteiger partial charge in [0, 0.05) is 25.1 Å². The van der Waals surface area contributed by atoms with Crippen molar-refractivity contribution in [1.82, 2.24) is 10.2 Å². The molecule has 0 bridgehead atoms. The molecule has 1 aliphatic carbocycles. The fourth-order valence-corrected chi connectivity index (χ4v) is 3.27. The molecule has 2 fully saturated rings. The fraction of sp³-hybridized carbons (Fsp3) is 0.556. The topological polar surface area (TPSA) is 99.1 Å². The number of carbonyl (C=O) groups excluding carboxylic acids is 2. The molecule has 2 aliphatic rings. The number of β-amino-alcohol motifs (C(OH)–C–C–N with tert-alkyl or cyclic N) is 1. The second kappa shape index (κ2) is 6.95. The van der Waals surface area contributed by atoms with Crippen LogP contribution in [0.5, 0.6) is 11.5 Å². The number of amides is 2. The summed E-state index contributed by atoms with van der Waals surface area (Å²) >= 11 is 0. The quantitative estimate of drug-likeness (QED) is 0.672. The number of phenolic OH excluding ortho intramolecular Hbond substituents is 1. The number of rotatable bonds is 6. The van der Waals surface area contributed by atoms with Crippen molar-refractivity contribution >= 4 is 11.8 Å². The molecule has 9 heteroatoms. The molecule has 1 unspecified atom stereocenters. The Morgan fingerprint density at radius 1 is 1.41 bits per heavy atom. The summed E-state index contributed by atoms with van der Waals surface area (Å²) in [6.07, 6.45) is 0.224. The molecule has 1 saturated carbocycles. The van der Waals surface area contributed by atoms with Crippen LogP contribution < -0.4 is 10.1 Å². The molecule has 7 nitrogen and oxygen atoms in total. The second-order valence-electron chi connectivity index (χ2n) is 7.23. The lowest BCUT2D eigenvalue weighted by atomic mass is 10.0. The summed E-state index contributed by atoms with van der Waals surface area (Å²) in [6, 6.07) is 6.02. The number of hydrogen-bond donors (Lipinski definition) is 3. The summed E-state index contributed by atoms with van der Waals surface area (Å²) in [7, 11) is 0. The fourth-order valence-electron chi connectivity index (χ4n) is 3.27. The van der Waals surface area contributed by atoms with Crippen LogP contribution in [0.25, 0.3) is 0 Å². The minimum absolute atomic E-state index is 0.0156. The Kier molecular flexibility index (Phi) is 4.98. The van der Waals surface area contributed by atoms with Crippen molar-refractivity contribution in [3.63, 3.8) is 0 Å².